The Hall–Kier alpha value is -4.47. The van der Waals surface area contributed by atoms with Gasteiger partial charge in [0, 0.05) is 36.6 Å². The lowest BCUT2D eigenvalue weighted by atomic mass is 10.0. The van der Waals surface area contributed by atoms with Gasteiger partial charge in [0.25, 0.3) is 0 Å². The van der Waals surface area contributed by atoms with Crippen LogP contribution in [0.25, 0.3) is 28.1 Å². The second-order valence-electron chi connectivity index (χ2n) is 8.47. The highest BCUT2D eigenvalue weighted by Crippen LogP contribution is 2.34. The van der Waals surface area contributed by atoms with E-state index in [1.807, 2.05) is 77.6 Å². The highest BCUT2D eigenvalue weighted by molar-refractivity contribution is 7.89. The number of ether oxygens (including phenoxy) is 1. The van der Waals surface area contributed by atoms with Gasteiger partial charge in [-0.2, -0.15) is 5.10 Å². The van der Waals surface area contributed by atoms with Crippen molar-refractivity contribution < 1.29 is 13.2 Å². The number of anilines is 1. The van der Waals surface area contributed by atoms with Crippen LogP contribution in [-0.2, 0) is 10.0 Å². The molecule has 0 aliphatic rings. The van der Waals surface area contributed by atoms with E-state index < -0.39 is 10.0 Å². The summed E-state index contributed by atoms with van der Waals surface area (Å²) in [6, 6.07) is 29.9. The maximum atomic E-state index is 12.4. The van der Waals surface area contributed by atoms with Gasteiger partial charge in [-0.15, -0.1) is 0 Å². The summed E-state index contributed by atoms with van der Waals surface area (Å²) in [6.45, 7) is 0.582. The SMILES string of the molecule is COc1cccc(-c2nn(-c3ccccc3)cc2-c2ccnc(NCCNS(=O)(=O)c3ccccc3)c2)c1. The lowest BCUT2D eigenvalue weighted by molar-refractivity contribution is 0.415. The van der Waals surface area contributed by atoms with E-state index >= 15 is 0 Å². The molecule has 0 aliphatic heterocycles. The van der Waals surface area contributed by atoms with Crippen molar-refractivity contribution in [1.29, 1.82) is 0 Å². The van der Waals surface area contributed by atoms with Gasteiger partial charge in [-0.1, -0.05) is 48.5 Å². The average molecular weight is 526 g/mol. The van der Waals surface area contributed by atoms with E-state index in [0.29, 0.717) is 12.4 Å². The Labute approximate surface area is 222 Å². The third-order valence-electron chi connectivity index (χ3n) is 5.93. The van der Waals surface area contributed by atoms with Crippen molar-refractivity contribution in [3.8, 4) is 33.8 Å². The second-order valence-corrected chi connectivity index (χ2v) is 10.2. The first-order valence-electron chi connectivity index (χ1n) is 12.1. The average Bonchev–Trinajstić information content (AvgIpc) is 3.42. The number of nitrogens with zero attached hydrogens (tertiary/aromatic N) is 3. The molecule has 9 heteroatoms. The third-order valence-corrected chi connectivity index (χ3v) is 7.40. The Kier molecular flexibility index (Phi) is 7.48. The van der Waals surface area contributed by atoms with Gasteiger partial charge in [-0.05, 0) is 54.1 Å². The van der Waals surface area contributed by atoms with Gasteiger partial charge in [0.05, 0.1) is 17.7 Å². The van der Waals surface area contributed by atoms with Crippen LogP contribution in [0.5, 0.6) is 5.75 Å². The maximum Gasteiger partial charge on any atom is 0.240 e. The van der Waals surface area contributed by atoms with Crippen molar-refractivity contribution in [2.75, 3.05) is 25.5 Å². The lowest BCUT2D eigenvalue weighted by Crippen LogP contribution is -2.29. The maximum absolute atomic E-state index is 12.4. The van der Waals surface area contributed by atoms with E-state index in [4.69, 9.17) is 9.84 Å². The Morgan fingerprint density at radius 2 is 1.61 bits per heavy atom. The summed E-state index contributed by atoms with van der Waals surface area (Å²) in [5.41, 5.74) is 4.53. The van der Waals surface area contributed by atoms with Gasteiger partial charge < -0.3 is 10.1 Å². The van der Waals surface area contributed by atoms with Crippen LogP contribution in [0.3, 0.4) is 0 Å². The Morgan fingerprint density at radius 1 is 0.842 bits per heavy atom. The van der Waals surface area contributed by atoms with E-state index in [9.17, 15) is 8.42 Å². The van der Waals surface area contributed by atoms with Crippen LogP contribution in [-0.4, -0.2) is 43.4 Å². The summed E-state index contributed by atoms with van der Waals surface area (Å²) >= 11 is 0. The van der Waals surface area contributed by atoms with Crippen LogP contribution < -0.4 is 14.8 Å². The molecule has 38 heavy (non-hydrogen) atoms. The molecule has 0 atom stereocenters. The molecule has 8 nitrogen and oxygen atoms in total. The van der Waals surface area contributed by atoms with Crippen LogP contribution in [0, 0.1) is 0 Å². The number of aromatic nitrogens is 3. The molecule has 0 spiro atoms. The van der Waals surface area contributed by atoms with Crippen molar-refractivity contribution in [3.63, 3.8) is 0 Å². The monoisotopic (exact) mass is 525 g/mol. The molecule has 0 saturated heterocycles. The molecule has 2 heterocycles. The molecule has 0 unspecified atom stereocenters. The predicted octanol–water partition coefficient (Wildman–Crippen LogP) is 5.00. The van der Waals surface area contributed by atoms with Crippen LogP contribution in [0.2, 0.25) is 0 Å². The summed E-state index contributed by atoms with van der Waals surface area (Å²) < 4.78 is 34.8. The zero-order chi connectivity index (χ0) is 26.4. The van der Waals surface area contributed by atoms with Gasteiger partial charge in [-0.3, -0.25) is 0 Å². The van der Waals surface area contributed by atoms with E-state index in [-0.39, 0.29) is 11.4 Å². The van der Waals surface area contributed by atoms with E-state index in [1.165, 1.54) is 0 Å². The number of pyridine rings is 1. The summed E-state index contributed by atoms with van der Waals surface area (Å²) in [4.78, 5) is 4.65. The minimum absolute atomic E-state index is 0.212. The minimum atomic E-state index is -3.56. The molecule has 0 amide bonds. The summed E-state index contributed by atoms with van der Waals surface area (Å²) in [6.07, 6.45) is 3.72. The molecule has 5 rings (SSSR count). The van der Waals surface area contributed by atoms with Crippen LogP contribution in [0.15, 0.2) is 114 Å². The van der Waals surface area contributed by atoms with Crippen LogP contribution in [0.4, 0.5) is 5.82 Å². The number of methoxy groups -OCH3 is 1. The Bertz CT molecular complexity index is 1620. The first-order valence-corrected chi connectivity index (χ1v) is 13.6. The molecular formula is C29H27N5O3S. The molecule has 0 saturated carbocycles. The minimum Gasteiger partial charge on any atom is -0.497 e. The van der Waals surface area contributed by atoms with Crippen molar-refractivity contribution >= 4 is 15.8 Å². The Morgan fingerprint density at radius 3 is 2.37 bits per heavy atom. The van der Waals surface area contributed by atoms with Crippen LogP contribution >= 0.6 is 0 Å². The van der Waals surface area contributed by atoms with E-state index in [1.54, 1.807) is 43.6 Å². The molecule has 2 N–H and O–H groups in total. The highest BCUT2D eigenvalue weighted by Gasteiger charge is 2.16. The van der Waals surface area contributed by atoms with Gasteiger partial charge in [0.2, 0.25) is 10.0 Å². The molecule has 2 aromatic heterocycles. The number of nitrogens with one attached hydrogen (secondary N) is 2. The number of hydrogen-bond donors (Lipinski definition) is 2. The number of sulfonamides is 1. The summed E-state index contributed by atoms with van der Waals surface area (Å²) in [7, 11) is -1.92. The fourth-order valence-electron chi connectivity index (χ4n) is 4.04. The Balaban J connectivity index is 1.38. The smallest absolute Gasteiger partial charge is 0.240 e. The second kappa shape index (κ2) is 11.3. The van der Waals surface area contributed by atoms with Crippen LogP contribution in [0.1, 0.15) is 0 Å². The number of benzene rings is 3. The highest BCUT2D eigenvalue weighted by atomic mass is 32.2. The van der Waals surface area contributed by atoms with Gasteiger partial charge in [-0.25, -0.2) is 22.8 Å². The fourth-order valence-corrected chi connectivity index (χ4v) is 5.09. The number of para-hydroxylation sites is 1. The summed E-state index contributed by atoms with van der Waals surface area (Å²) in [5, 5.41) is 8.12. The van der Waals surface area contributed by atoms with Crippen molar-refractivity contribution in [3.05, 3.63) is 109 Å². The molecule has 0 bridgehead atoms. The molecule has 0 radical (unpaired) electrons. The number of hydrogen-bond acceptors (Lipinski definition) is 6. The third kappa shape index (κ3) is 5.74. The first kappa shape index (κ1) is 25.2. The normalized spacial score (nSPS) is 11.3. The summed E-state index contributed by atoms with van der Waals surface area (Å²) in [5.74, 6) is 1.38. The molecule has 0 fully saturated rings. The quantitative estimate of drug-likeness (QED) is 0.249. The van der Waals surface area contributed by atoms with E-state index in [2.05, 4.69) is 15.0 Å². The topological polar surface area (TPSA) is 98.1 Å². The largest absolute Gasteiger partial charge is 0.497 e. The number of rotatable bonds is 10. The first-order chi connectivity index (χ1) is 18.5. The fraction of sp³-hybridized carbons (Fsp3) is 0.103. The molecule has 192 valence electrons. The lowest BCUT2D eigenvalue weighted by Gasteiger charge is -2.10. The van der Waals surface area contributed by atoms with Gasteiger partial charge in [0.15, 0.2) is 0 Å². The van der Waals surface area contributed by atoms with Gasteiger partial charge >= 0.3 is 0 Å². The molecular weight excluding hydrogens is 498 g/mol. The molecule has 3 aromatic carbocycles. The zero-order valence-electron chi connectivity index (χ0n) is 20.8. The molecule has 0 aliphatic carbocycles. The van der Waals surface area contributed by atoms with Crippen molar-refractivity contribution in [2.45, 2.75) is 4.90 Å². The van der Waals surface area contributed by atoms with Gasteiger partial charge in [0.1, 0.15) is 17.3 Å². The zero-order valence-corrected chi connectivity index (χ0v) is 21.6. The standard InChI is InChI=1S/C29H27N5O3S/c1-37-25-12-8-9-23(19-25)29-27(21-34(33-29)24-10-4-2-5-11-24)22-15-16-30-28(20-22)31-17-18-32-38(35,36)26-13-6-3-7-14-26/h2-16,19-21,32H,17-18H2,1H3,(H,30,31). The van der Waals surface area contributed by atoms with Crippen molar-refractivity contribution in [2.24, 2.45) is 0 Å². The van der Waals surface area contributed by atoms with E-state index in [0.717, 1.165) is 33.8 Å². The predicted molar refractivity (Wildman–Crippen MR) is 149 cm³/mol. The van der Waals surface area contributed by atoms with Crippen molar-refractivity contribution in [1.82, 2.24) is 19.5 Å². The molecule has 5 aromatic rings.